The number of aromatic nitrogens is 2. The molecule has 4 heteroatoms. The lowest BCUT2D eigenvalue weighted by Gasteiger charge is -2.12. The molecule has 0 bridgehead atoms. The molecular weight excluding hydrogens is 366 g/mol. The van der Waals surface area contributed by atoms with Crippen molar-refractivity contribution in [2.24, 2.45) is 0 Å². The lowest BCUT2D eigenvalue weighted by Crippen LogP contribution is -2.06. The van der Waals surface area contributed by atoms with Gasteiger partial charge in [0.05, 0.1) is 17.6 Å². The molecule has 0 atom stereocenters. The molecule has 0 unspecified atom stereocenters. The third-order valence-corrected chi connectivity index (χ3v) is 5.37. The second-order valence-electron chi connectivity index (χ2n) is 7.23. The van der Waals surface area contributed by atoms with Gasteiger partial charge in [-0.15, -0.1) is 0 Å². The second-order valence-corrected chi connectivity index (χ2v) is 7.23. The Bertz CT molecular complexity index is 1350. The summed E-state index contributed by atoms with van der Waals surface area (Å²) in [6, 6.07) is 24.1. The minimum Gasteiger partial charge on any atom is -0.319 e. The maximum absolute atomic E-state index is 14.4. The first-order valence-electron chi connectivity index (χ1n) is 9.50. The average Bonchev–Trinajstić information content (AvgIpc) is 3.10. The Labute approximate surface area is 167 Å². The number of fused-ring (bicyclic) bond motifs is 2. The predicted molar refractivity (Wildman–Crippen MR) is 113 cm³/mol. The monoisotopic (exact) mass is 384 g/mol. The molecule has 0 aliphatic rings. The minimum atomic E-state index is -0.552. The summed E-state index contributed by atoms with van der Waals surface area (Å²) >= 11 is 0. The quantitative estimate of drug-likeness (QED) is 0.348. The fourth-order valence-electron chi connectivity index (χ4n) is 3.84. The minimum absolute atomic E-state index is 0.0374. The molecule has 2 nitrogen and oxygen atoms in total. The fraction of sp³-hybridized carbons (Fsp3) is 0.0800. The highest BCUT2D eigenvalue weighted by Gasteiger charge is 2.18. The van der Waals surface area contributed by atoms with Gasteiger partial charge in [0, 0.05) is 11.1 Å². The van der Waals surface area contributed by atoms with Gasteiger partial charge in [0.1, 0.15) is 17.5 Å². The molecule has 142 valence electrons. The summed E-state index contributed by atoms with van der Waals surface area (Å²) < 4.78 is 30.7. The van der Waals surface area contributed by atoms with Crippen LogP contribution in [0.5, 0.6) is 0 Å². The van der Waals surface area contributed by atoms with Crippen molar-refractivity contribution < 1.29 is 8.78 Å². The zero-order valence-corrected chi connectivity index (χ0v) is 15.9. The molecular formula is C25H18F2N2. The number of imidazole rings is 1. The van der Waals surface area contributed by atoms with E-state index >= 15 is 0 Å². The van der Waals surface area contributed by atoms with Crippen LogP contribution in [0.4, 0.5) is 8.78 Å². The number of hydrogen-bond acceptors (Lipinski definition) is 1. The first-order valence-corrected chi connectivity index (χ1v) is 9.50. The molecule has 5 rings (SSSR count). The van der Waals surface area contributed by atoms with Crippen LogP contribution in [0.1, 0.15) is 11.1 Å². The van der Waals surface area contributed by atoms with E-state index in [4.69, 9.17) is 4.98 Å². The number of benzene rings is 4. The third kappa shape index (κ3) is 2.97. The molecule has 0 saturated heterocycles. The Hall–Kier alpha value is -3.53. The molecule has 1 aromatic heterocycles. The Balaban J connectivity index is 1.76. The van der Waals surface area contributed by atoms with Crippen molar-refractivity contribution in [3.63, 3.8) is 0 Å². The summed E-state index contributed by atoms with van der Waals surface area (Å²) in [5.41, 5.74) is 3.67. The zero-order chi connectivity index (χ0) is 20.0. The SMILES string of the molecule is Cc1cccc2c1nc(-c1ccc3ccccc3c1)n2Cc1c(F)cccc1F. The number of halogens is 2. The van der Waals surface area contributed by atoms with Crippen LogP contribution < -0.4 is 0 Å². The van der Waals surface area contributed by atoms with Crippen molar-refractivity contribution >= 4 is 21.8 Å². The van der Waals surface area contributed by atoms with E-state index < -0.39 is 11.6 Å². The lowest BCUT2D eigenvalue weighted by molar-refractivity contribution is 0.547. The number of hydrogen-bond donors (Lipinski definition) is 0. The number of para-hydroxylation sites is 1. The highest BCUT2D eigenvalue weighted by Crippen LogP contribution is 2.30. The van der Waals surface area contributed by atoms with E-state index in [0.717, 1.165) is 32.9 Å². The van der Waals surface area contributed by atoms with E-state index in [-0.39, 0.29) is 12.1 Å². The summed E-state index contributed by atoms with van der Waals surface area (Å²) in [5.74, 6) is -0.407. The first-order chi connectivity index (χ1) is 14.1. The normalized spacial score (nSPS) is 11.4. The zero-order valence-electron chi connectivity index (χ0n) is 15.9. The van der Waals surface area contributed by atoms with Gasteiger partial charge in [-0.1, -0.05) is 54.6 Å². The standard InChI is InChI=1S/C25H18F2N2/c1-16-6-4-11-23-24(16)28-25(19-13-12-17-7-2-3-8-18(17)14-19)29(23)15-20-21(26)9-5-10-22(20)27/h2-14H,15H2,1H3. The molecule has 0 radical (unpaired) electrons. The van der Waals surface area contributed by atoms with E-state index in [1.165, 1.54) is 18.2 Å². The van der Waals surface area contributed by atoms with Crippen LogP contribution >= 0.6 is 0 Å². The third-order valence-electron chi connectivity index (χ3n) is 5.37. The summed E-state index contributed by atoms with van der Waals surface area (Å²) in [4.78, 5) is 4.86. The molecule has 0 aliphatic heterocycles. The molecule has 29 heavy (non-hydrogen) atoms. The van der Waals surface area contributed by atoms with E-state index in [0.29, 0.717) is 5.82 Å². The van der Waals surface area contributed by atoms with Gasteiger partial charge in [0.2, 0.25) is 0 Å². The van der Waals surface area contributed by atoms with Crippen molar-refractivity contribution in [2.45, 2.75) is 13.5 Å². The van der Waals surface area contributed by atoms with Gasteiger partial charge < -0.3 is 4.57 Å². The van der Waals surface area contributed by atoms with Crippen molar-refractivity contribution in [1.82, 2.24) is 9.55 Å². The molecule has 0 aliphatic carbocycles. The van der Waals surface area contributed by atoms with E-state index in [1.807, 2.05) is 60.0 Å². The van der Waals surface area contributed by atoms with Crippen LogP contribution in [0.3, 0.4) is 0 Å². The lowest BCUT2D eigenvalue weighted by atomic mass is 10.1. The Morgan fingerprint density at radius 3 is 2.31 bits per heavy atom. The van der Waals surface area contributed by atoms with Crippen molar-refractivity contribution in [1.29, 1.82) is 0 Å². The van der Waals surface area contributed by atoms with Gasteiger partial charge in [0.25, 0.3) is 0 Å². The van der Waals surface area contributed by atoms with Gasteiger partial charge in [-0.05, 0) is 47.5 Å². The van der Waals surface area contributed by atoms with Gasteiger partial charge in [-0.25, -0.2) is 13.8 Å². The van der Waals surface area contributed by atoms with Crippen LogP contribution in [-0.4, -0.2) is 9.55 Å². The van der Waals surface area contributed by atoms with Crippen LogP contribution in [-0.2, 0) is 6.54 Å². The molecule has 4 aromatic carbocycles. The van der Waals surface area contributed by atoms with Crippen LogP contribution in [0.15, 0.2) is 78.9 Å². The predicted octanol–water partition coefficient (Wildman–Crippen LogP) is 6.49. The highest BCUT2D eigenvalue weighted by atomic mass is 19.1. The summed E-state index contributed by atoms with van der Waals surface area (Å²) in [6.45, 7) is 2.06. The maximum atomic E-state index is 14.4. The molecule has 0 amide bonds. The molecule has 0 fully saturated rings. The highest BCUT2D eigenvalue weighted by molar-refractivity contribution is 5.89. The Kier molecular flexibility index (Phi) is 4.13. The first kappa shape index (κ1) is 17.6. The topological polar surface area (TPSA) is 17.8 Å². The molecule has 0 saturated carbocycles. The smallest absolute Gasteiger partial charge is 0.141 e. The molecule has 0 N–H and O–H groups in total. The Morgan fingerprint density at radius 1 is 0.793 bits per heavy atom. The van der Waals surface area contributed by atoms with E-state index in [9.17, 15) is 8.78 Å². The average molecular weight is 384 g/mol. The Morgan fingerprint density at radius 2 is 1.52 bits per heavy atom. The summed E-state index contributed by atoms with van der Waals surface area (Å²) in [7, 11) is 0. The summed E-state index contributed by atoms with van der Waals surface area (Å²) in [5, 5.41) is 2.23. The largest absolute Gasteiger partial charge is 0.319 e. The van der Waals surface area contributed by atoms with Crippen LogP contribution in [0.2, 0.25) is 0 Å². The number of aryl methyl sites for hydroxylation is 1. The second kappa shape index (κ2) is 6.82. The summed E-state index contributed by atoms with van der Waals surface area (Å²) in [6.07, 6.45) is 0. The van der Waals surface area contributed by atoms with Gasteiger partial charge >= 0.3 is 0 Å². The van der Waals surface area contributed by atoms with Crippen molar-refractivity contribution in [3.05, 3.63) is 102 Å². The molecule has 0 spiro atoms. The van der Waals surface area contributed by atoms with Gasteiger partial charge in [0.15, 0.2) is 0 Å². The van der Waals surface area contributed by atoms with Crippen molar-refractivity contribution in [3.8, 4) is 11.4 Å². The van der Waals surface area contributed by atoms with E-state index in [2.05, 4.69) is 12.1 Å². The molecule has 5 aromatic rings. The van der Waals surface area contributed by atoms with Gasteiger partial charge in [-0.3, -0.25) is 0 Å². The van der Waals surface area contributed by atoms with Crippen LogP contribution in [0, 0.1) is 18.6 Å². The van der Waals surface area contributed by atoms with Crippen molar-refractivity contribution in [2.75, 3.05) is 0 Å². The van der Waals surface area contributed by atoms with Crippen LogP contribution in [0.25, 0.3) is 33.2 Å². The van der Waals surface area contributed by atoms with Gasteiger partial charge in [-0.2, -0.15) is 0 Å². The number of rotatable bonds is 3. The number of nitrogens with zero attached hydrogens (tertiary/aromatic N) is 2. The fourth-order valence-corrected chi connectivity index (χ4v) is 3.84. The maximum Gasteiger partial charge on any atom is 0.141 e. The van der Waals surface area contributed by atoms with E-state index in [1.54, 1.807) is 0 Å². The molecule has 1 heterocycles.